The van der Waals surface area contributed by atoms with Crippen LogP contribution in [0.5, 0.6) is 11.5 Å². The summed E-state index contributed by atoms with van der Waals surface area (Å²) in [4.78, 5) is 24.2. The minimum atomic E-state index is -1.26. The number of esters is 2. The van der Waals surface area contributed by atoms with Crippen molar-refractivity contribution in [3.8, 4) is 11.5 Å². The van der Waals surface area contributed by atoms with Crippen molar-refractivity contribution < 1.29 is 33.6 Å². The highest BCUT2D eigenvalue weighted by Crippen LogP contribution is 2.46. The fourth-order valence-corrected chi connectivity index (χ4v) is 3.08. The first-order valence-corrected chi connectivity index (χ1v) is 7.07. The van der Waals surface area contributed by atoms with E-state index in [9.17, 15) is 14.7 Å². The fourth-order valence-electron chi connectivity index (χ4n) is 3.08. The molecule has 0 saturated heterocycles. The van der Waals surface area contributed by atoms with Crippen LogP contribution >= 0.6 is 0 Å². The second kappa shape index (κ2) is 6.87. The third-order valence-electron chi connectivity index (χ3n) is 4.18. The highest BCUT2D eigenvalue weighted by molar-refractivity contribution is 5.84. The van der Waals surface area contributed by atoms with Gasteiger partial charge in [0.05, 0.1) is 40.5 Å². The summed E-state index contributed by atoms with van der Waals surface area (Å²) in [6.07, 6.45) is -1.08. The zero-order valence-electron chi connectivity index (χ0n) is 13.5. The summed E-state index contributed by atoms with van der Waals surface area (Å²) >= 11 is 0. The number of ether oxygens (including phenoxy) is 4. The van der Waals surface area contributed by atoms with Gasteiger partial charge in [-0.3, -0.25) is 9.59 Å². The number of hydrogen-bond donors (Lipinski definition) is 1. The van der Waals surface area contributed by atoms with Crippen LogP contribution in [-0.4, -0.2) is 45.5 Å². The maximum Gasteiger partial charge on any atom is 0.312 e. The van der Waals surface area contributed by atoms with Gasteiger partial charge in [0.15, 0.2) is 0 Å². The molecule has 1 aromatic rings. The predicted octanol–water partition coefficient (Wildman–Crippen LogP) is 0.872. The van der Waals surface area contributed by atoms with Crippen molar-refractivity contribution in [1.29, 1.82) is 0 Å². The third-order valence-corrected chi connectivity index (χ3v) is 4.18. The molecule has 1 aliphatic carbocycles. The third kappa shape index (κ3) is 2.84. The van der Waals surface area contributed by atoms with Crippen LogP contribution in [0, 0.1) is 11.8 Å². The molecular weight excluding hydrogens is 304 g/mol. The average molecular weight is 324 g/mol. The molecule has 0 heterocycles. The molecule has 0 aromatic heterocycles. The molecule has 0 amide bonds. The molecule has 126 valence electrons. The van der Waals surface area contributed by atoms with E-state index in [2.05, 4.69) is 0 Å². The molecule has 7 nitrogen and oxygen atoms in total. The first-order valence-electron chi connectivity index (χ1n) is 7.07. The highest BCUT2D eigenvalue weighted by Gasteiger charge is 2.47. The number of fused-ring (bicyclic) bond motifs is 1. The standard InChI is InChI=1S/C16H20O7/c1-20-10-5-6-11(21-2)12-8(10)7-9(15(18)22-3)13(14(12)17)16(19)23-4/h5-6,9,13-14,17H,7H2,1-4H3. The van der Waals surface area contributed by atoms with Gasteiger partial charge in [0.2, 0.25) is 0 Å². The van der Waals surface area contributed by atoms with Gasteiger partial charge in [-0.05, 0) is 18.6 Å². The van der Waals surface area contributed by atoms with Crippen LogP contribution in [0.1, 0.15) is 17.2 Å². The maximum atomic E-state index is 12.1. The van der Waals surface area contributed by atoms with Crippen LogP contribution in [0.3, 0.4) is 0 Å². The summed E-state index contributed by atoms with van der Waals surface area (Å²) in [5.74, 6) is -2.27. The second-order valence-electron chi connectivity index (χ2n) is 5.19. The van der Waals surface area contributed by atoms with Crippen molar-refractivity contribution in [1.82, 2.24) is 0 Å². The summed E-state index contributed by atoms with van der Waals surface area (Å²) in [7, 11) is 5.41. The summed E-state index contributed by atoms with van der Waals surface area (Å²) in [5.41, 5.74) is 1.05. The van der Waals surface area contributed by atoms with Crippen molar-refractivity contribution in [2.24, 2.45) is 11.8 Å². The van der Waals surface area contributed by atoms with E-state index in [0.717, 1.165) is 0 Å². The minimum absolute atomic E-state index is 0.180. The van der Waals surface area contributed by atoms with Gasteiger partial charge in [-0.1, -0.05) is 0 Å². The van der Waals surface area contributed by atoms with Crippen molar-refractivity contribution in [2.45, 2.75) is 12.5 Å². The Labute approximate surface area is 134 Å². The summed E-state index contributed by atoms with van der Waals surface area (Å²) < 4.78 is 20.1. The molecule has 0 aliphatic heterocycles. The SMILES string of the molecule is COC(=O)C1Cc2c(OC)ccc(OC)c2C(O)C1C(=O)OC. The van der Waals surface area contributed by atoms with Crippen molar-refractivity contribution >= 4 is 11.9 Å². The molecule has 1 aromatic carbocycles. The van der Waals surface area contributed by atoms with Gasteiger partial charge < -0.3 is 24.1 Å². The number of methoxy groups -OCH3 is 4. The Morgan fingerprint density at radius 3 is 2.09 bits per heavy atom. The van der Waals surface area contributed by atoms with Crippen molar-refractivity contribution in [3.05, 3.63) is 23.3 Å². The number of hydrogen-bond acceptors (Lipinski definition) is 7. The molecule has 0 saturated carbocycles. The Balaban J connectivity index is 2.63. The lowest BCUT2D eigenvalue weighted by Gasteiger charge is -2.35. The minimum Gasteiger partial charge on any atom is -0.496 e. The van der Waals surface area contributed by atoms with E-state index in [1.807, 2.05) is 0 Å². The van der Waals surface area contributed by atoms with Gasteiger partial charge in [0.25, 0.3) is 0 Å². The summed E-state index contributed by atoms with van der Waals surface area (Å²) in [5, 5.41) is 10.7. The van der Waals surface area contributed by atoms with Crippen molar-refractivity contribution in [2.75, 3.05) is 28.4 Å². The van der Waals surface area contributed by atoms with Gasteiger partial charge in [0.1, 0.15) is 17.4 Å². The van der Waals surface area contributed by atoms with E-state index >= 15 is 0 Å². The van der Waals surface area contributed by atoms with Gasteiger partial charge in [-0.2, -0.15) is 0 Å². The summed E-state index contributed by atoms with van der Waals surface area (Å²) in [6.45, 7) is 0. The molecule has 2 rings (SSSR count). The van der Waals surface area contributed by atoms with Gasteiger partial charge >= 0.3 is 11.9 Å². The predicted molar refractivity (Wildman–Crippen MR) is 79.2 cm³/mol. The number of carbonyl (C=O) groups is 2. The van der Waals surface area contributed by atoms with Crippen molar-refractivity contribution in [3.63, 3.8) is 0 Å². The number of rotatable bonds is 4. The zero-order chi connectivity index (χ0) is 17.1. The quantitative estimate of drug-likeness (QED) is 0.822. The Hall–Kier alpha value is -2.28. The lowest BCUT2D eigenvalue weighted by molar-refractivity contribution is -0.163. The molecule has 3 unspecified atom stereocenters. The number of aliphatic hydroxyl groups is 1. The molecule has 7 heteroatoms. The fraction of sp³-hybridized carbons (Fsp3) is 0.500. The molecule has 1 aliphatic rings. The highest BCUT2D eigenvalue weighted by atomic mass is 16.5. The number of benzene rings is 1. The van der Waals surface area contributed by atoms with Gasteiger partial charge in [-0.15, -0.1) is 0 Å². The first kappa shape index (κ1) is 17.1. The Kier molecular flexibility index (Phi) is 5.10. The largest absolute Gasteiger partial charge is 0.496 e. The van der Waals surface area contributed by atoms with Crippen LogP contribution < -0.4 is 9.47 Å². The van der Waals surface area contributed by atoms with Gasteiger partial charge in [0, 0.05) is 11.1 Å². The Morgan fingerprint density at radius 1 is 1.00 bits per heavy atom. The number of aliphatic hydroxyl groups excluding tert-OH is 1. The van der Waals surface area contributed by atoms with E-state index in [-0.39, 0.29) is 6.42 Å². The lowest BCUT2D eigenvalue weighted by Crippen LogP contribution is -2.41. The van der Waals surface area contributed by atoms with Crippen LogP contribution in [0.4, 0.5) is 0 Å². The Morgan fingerprint density at radius 2 is 1.57 bits per heavy atom. The monoisotopic (exact) mass is 324 g/mol. The molecular formula is C16H20O7. The molecule has 0 bridgehead atoms. The molecule has 23 heavy (non-hydrogen) atoms. The van der Waals surface area contributed by atoms with Crippen LogP contribution in [0.15, 0.2) is 12.1 Å². The van der Waals surface area contributed by atoms with Crippen LogP contribution in [0.2, 0.25) is 0 Å². The molecule has 3 atom stereocenters. The van der Waals surface area contributed by atoms with Crippen LogP contribution in [-0.2, 0) is 25.5 Å². The van der Waals surface area contributed by atoms with E-state index in [0.29, 0.717) is 22.6 Å². The second-order valence-corrected chi connectivity index (χ2v) is 5.19. The summed E-state index contributed by atoms with van der Waals surface area (Å²) in [6, 6.07) is 3.34. The smallest absolute Gasteiger partial charge is 0.312 e. The molecule has 0 fully saturated rings. The maximum absolute atomic E-state index is 12.1. The normalized spacial score (nSPS) is 22.7. The van der Waals surface area contributed by atoms with E-state index in [1.54, 1.807) is 12.1 Å². The average Bonchev–Trinajstić information content (AvgIpc) is 2.58. The molecule has 0 radical (unpaired) electrons. The lowest BCUT2D eigenvalue weighted by atomic mass is 9.73. The first-order chi connectivity index (χ1) is 11.0. The van der Waals surface area contributed by atoms with Gasteiger partial charge in [-0.25, -0.2) is 0 Å². The van der Waals surface area contributed by atoms with E-state index < -0.39 is 29.9 Å². The Bertz CT molecular complexity index is 611. The zero-order valence-corrected chi connectivity index (χ0v) is 13.5. The topological polar surface area (TPSA) is 91.3 Å². The van der Waals surface area contributed by atoms with E-state index in [1.165, 1.54) is 28.4 Å². The number of carbonyl (C=O) groups excluding carboxylic acids is 2. The molecule has 1 N–H and O–H groups in total. The van der Waals surface area contributed by atoms with E-state index in [4.69, 9.17) is 18.9 Å². The molecule has 0 spiro atoms. The van der Waals surface area contributed by atoms with Crippen LogP contribution in [0.25, 0.3) is 0 Å².